The topological polar surface area (TPSA) is 21.3 Å². The zero-order valence-electron chi connectivity index (χ0n) is 9.76. The molecule has 0 amide bonds. The largest absolute Gasteiger partial charge is 0.492 e. The normalized spacial score (nSPS) is 10.4. The van der Waals surface area contributed by atoms with Gasteiger partial charge in [0, 0.05) is 18.0 Å². The Bertz CT molecular complexity index is 399. The van der Waals surface area contributed by atoms with Gasteiger partial charge in [-0.15, -0.1) is 11.3 Å². The Morgan fingerprint density at radius 3 is 2.65 bits per heavy atom. The van der Waals surface area contributed by atoms with E-state index in [0.717, 1.165) is 25.3 Å². The molecule has 0 saturated heterocycles. The Kier molecular flexibility index (Phi) is 5.07. The minimum atomic E-state index is 0.717. The summed E-state index contributed by atoms with van der Waals surface area (Å²) in [5, 5.41) is 5.49. The Morgan fingerprint density at radius 2 is 1.88 bits per heavy atom. The van der Waals surface area contributed by atoms with Crippen molar-refractivity contribution in [2.75, 3.05) is 19.7 Å². The molecule has 1 N–H and O–H groups in total. The average molecular weight is 247 g/mol. The number of thiophene rings is 1. The highest BCUT2D eigenvalue weighted by Gasteiger charge is 1.94. The van der Waals surface area contributed by atoms with Crippen molar-refractivity contribution in [3.63, 3.8) is 0 Å². The van der Waals surface area contributed by atoms with E-state index in [4.69, 9.17) is 4.74 Å². The standard InChI is InChI=1S/C14H17NOS/c1-2-5-13(6-3-1)16-11-10-15-9-8-14-7-4-12-17-14/h1-7,12,15H,8-11H2. The van der Waals surface area contributed by atoms with Crippen LogP contribution in [0, 0.1) is 0 Å². The summed E-state index contributed by atoms with van der Waals surface area (Å²) in [4.78, 5) is 1.43. The van der Waals surface area contributed by atoms with E-state index in [1.807, 2.05) is 41.7 Å². The first-order valence-corrected chi connectivity index (χ1v) is 6.74. The Hall–Kier alpha value is -1.32. The molecule has 2 rings (SSSR count). The summed E-state index contributed by atoms with van der Waals surface area (Å²) in [5.41, 5.74) is 0. The van der Waals surface area contributed by atoms with Crippen LogP contribution in [0.5, 0.6) is 5.75 Å². The first-order chi connectivity index (χ1) is 8.45. The van der Waals surface area contributed by atoms with Gasteiger partial charge >= 0.3 is 0 Å². The van der Waals surface area contributed by atoms with Gasteiger partial charge in [0.2, 0.25) is 0 Å². The van der Waals surface area contributed by atoms with Crippen molar-refractivity contribution >= 4 is 11.3 Å². The van der Waals surface area contributed by atoms with Crippen LogP contribution in [0.1, 0.15) is 4.88 Å². The lowest BCUT2D eigenvalue weighted by molar-refractivity contribution is 0.314. The summed E-state index contributed by atoms with van der Waals surface area (Å²) in [6.07, 6.45) is 1.10. The fourth-order valence-corrected chi connectivity index (χ4v) is 2.26. The predicted molar refractivity (Wildman–Crippen MR) is 72.8 cm³/mol. The van der Waals surface area contributed by atoms with Crippen molar-refractivity contribution in [1.82, 2.24) is 5.32 Å². The number of hydrogen-bond donors (Lipinski definition) is 1. The van der Waals surface area contributed by atoms with Gasteiger partial charge in [0.05, 0.1) is 0 Å². The predicted octanol–water partition coefficient (Wildman–Crippen LogP) is 2.96. The highest BCUT2D eigenvalue weighted by atomic mass is 32.1. The molecule has 1 heterocycles. The van der Waals surface area contributed by atoms with Crippen LogP contribution in [0.25, 0.3) is 0 Å². The number of rotatable bonds is 7. The van der Waals surface area contributed by atoms with Gasteiger partial charge in [-0.25, -0.2) is 0 Å². The SMILES string of the molecule is c1ccc(OCCNCCc2cccs2)cc1. The highest BCUT2D eigenvalue weighted by molar-refractivity contribution is 7.09. The van der Waals surface area contributed by atoms with Crippen molar-refractivity contribution in [2.24, 2.45) is 0 Å². The van der Waals surface area contributed by atoms with Gasteiger partial charge in [0.25, 0.3) is 0 Å². The monoisotopic (exact) mass is 247 g/mol. The van der Waals surface area contributed by atoms with Crippen LogP contribution in [0.3, 0.4) is 0 Å². The molecular formula is C14H17NOS. The number of para-hydroxylation sites is 1. The molecule has 2 aromatic rings. The molecule has 90 valence electrons. The zero-order chi connectivity index (χ0) is 11.8. The minimum absolute atomic E-state index is 0.717. The van der Waals surface area contributed by atoms with Crippen molar-refractivity contribution in [3.8, 4) is 5.75 Å². The zero-order valence-corrected chi connectivity index (χ0v) is 10.6. The number of nitrogens with one attached hydrogen (secondary N) is 1. The summed E-state index contributed by atoms with van der Waals surface area (Å²) >= 11 is 1.81. The summed E-state index contributed by atoms with van der Waals surface area (Å²) in [5.74, 6) is 0.938. The van der Waals surface area contributed by atoms with Crippen molar-refractivity contribution in [2.45, 2.75) is 6.42 Å². The van der Waals surface area contributed by atoms with Gasteiger partial charge in [-0.3, -0.25) is 0 Å². The van der Waals surface area contributed by atoms with E-state index in [0.29, 0.717) is 6.61 Å². The molecule has 0 aliphatic heterocycles. The summed E-state index contributed by atoms with van der Waals surface area (Å²) in [6, 6.07) is 14.2. The molecule has 0 spiro atoms. The Labute approximate surface area is 106 Å². The lowest BCUT2D eigenvalue weighted by Gasteiger charge is -2.06. The summed E-state index contributed by atoms with van der Waals surface area (Å²) < 4.78 is 5.58. The molecule has 0 aliphatic rings. The third kappa shape index (κ3) is 4.59. The fraction of sp³-hybridized carbons (Fsp3) is 0.286. The average Bonchev–Trinajstić information content (AvgIpc) is 2.88. The van der Waals surface area contributed by atoms with E-state index in [-0.39, 0.29) is 0 Å². The van der Waals surface area contributed by atoms with Crippen LogP contribution in [0.4, 0.5) is 0 Å². The van der Waals surface area contributed by atoms with Crippen LogP contribution < -0.4 is 10.1 Å². The second-order valence-electron chi connectivity index (χ2n) is 3.74. The van der Waals surface area contributed by atoms with Gasteiger partial charge in [-0.2, -0.15) is 0 Å². The smallest absolute Gasteiger partial charge is 0.119 e. The molecule has 17 heavy (non-hydrogen) atoms. The van der Waals surface area contributed by atoms with Crippen LogP contribution in [-0.4, -0.2) is 19.7 Å². The third-order valence-electron chi connectivity index (χ3n) is 2.42. The van der Waals surface area contributed by atoms with Crippen molar-refractivity contribution in [3.05, 3.63) is 52.7 Å². The van der Waals surface area contributed by atoms with E-state index in [1.54, 1.807) is 0 Å². The van der Waals surface area contributed by atoms with Crippen LogP contribution in [-0.2, 0) is 6.42 Å². The lowest BCUT2D eigenvalue weighted by Crippen LogP contribution is -2.23. The van der Waals surface area contributed by atoms with E-state index in [1.165, 1.54) is 4.88 Å². The van der Waals surface area contributed by atoms with Crippen molar-refractivity contribution in [1.29, 1.82) is 0 Å². The Balaban J connectivity index is 1.52. The van der Waals surface area contributed by atoms with Gasteiger partial charge in [0.15, 0.2) is 0 Å². The van der Waals surface area contributed by atoms with Gasteiger partial charge in [-0.1, -0.05) is 24.3 Å². The fourth-order valence-electron chi connectivity index (χ4n) is 1.55. The molecule has 0 radical (unpaired) electrons. The lowest BCUT2D eigenvalue weighted by atomic mass is 10.3. The van der Waals surface area contributed by atoms with E-state index in [2.05, 4.69) is 22.8 Å². The van der Waals surface area contributed by atoms with Gasteiger partial charge in [-0.05, 0) is 30.0 Å². The Morgan fingerprint density at radius 1 is 1.00 bits per heavy atom. The maximum absolute atomic E-state index is 5.58. The van der Waals surface area contributed by atoms with Gasteiger partial charge < -0.3 is 10.1 Å². The number of benzene rings is 1. The molecule has 0 unspecified atom stereocenters. The third-order valence-corrected chi connectivity index (χ3v) is 3.36. The molecule has 1 aromatic carbocycles. The summed E-state index contributed by atoms with van der Waals surface area (Å²) in [6.45, 7) is 2.62. The molecule has 0 atom stereocenters. The highest BCUT2D eigenvalue weighted by Crippen LogP contribution is 2.08. The van der Waals surface area contributed by atoms with Gasteiger partial charge in [0.1, 0.15) is 12.4 Å². The number of ether oxygens (including phenoxy) is 1. The number of hydrogen-bond acceptors (Lipinski definition) is 3. The van der Waals surface area contributed by atoms with Crippen LogP contribution in [0.2, 0.25) is 0 Å². The van der Waals surface area contributed by atoms with Crippen molar-refractivity contribution < 1.29 is 4.74 Å². The molecule has 2 nitrogen and oxygen atoms in total. The molecular weight excluding hydrogens is 230 g/mol. The second kappa shape index (κ2) is 7.09. The first kappa shape index (κ1) is 12.1. The molecule has 0 fully saturated rings. The molecule has 3 heteroatoms. The second-order valence-corrected chi connectivity index (χ2v) is 4.77. The van der Waals surface area contributed by atoms with E-state index < -0.39 is 0 Å². The molecule has 0 bridgehead atoms. The van der Waals surface area contributed by atoms with Crippen LogP contribution >= 0.6 is 11.3 Å². The summed E-state index contributed by atoms with van der Waals surface area (Å²) in [7, 11) is 0. The van der Waals surface area contributed by atoms with E-state index in [9.17, 15) is 0 Å². The maximum atomic E-state index is 5.58. The maximum Gasteiger partial charge on any atom is 0.119 e. The molecule has 0 aliphatic carbocycles. The molecule has 0 saturated carbocycles. The minimum Gasteiger partial charge on any atom is -0.492 e. The van der Waals surface area contributed by atoms with Crippen LogP contribution in [0.15, 0.2) is 47.8 Å². The quantitative estimate of drug-likeness (QED) is 0.760. The first-order valence-electron chi connectivity index (χ1n) is 5.86. The van der Waals surface area contributed by atoms with E-state index >= 15 is 0 Å². The molecule has 1 aromatic heterocycles.